The number of carbonyl (C=O) groups is 1. The van der Waals surface area contributed by atoms with E-state index in [1.165, 1.54) is 0 Å². The van der Waals surface area contributed by atoms with E-state index in [4.69, 9.17) is 5.11 Å². The number of hydrogen-bond acceptors (Lipinski definition) is 5. The number of carboxylic acids is 1. The van der Waals surface area contributed by atoms with Gasteiger partial charge in [0.2, 0.25) is 5.95 Å². The molecule has 2 heterocycles. The molecule has 0 aliphatic carbocycles. The van der Waals surface area contributed by atoms with Crippen LogP contribution in [0, 0.1) is 0 Å². The van der Waals surface area contributed by atoms with Crippen LogP contribution in [0.25, 0.3) is 0 Å². The predicted octanol–water partition coefficient (Wildman–Crippen LogP) is -0.0966. The first-order chi connectivity index (χ1) is 8.25. The number of anilines is 1. The third-order valence-corrected chi connectivity index (χ3v) is 2.67. The van der Waals surface area contributed by atoms with Crippen LogP contribution in [0.1, 0.15) is 12.0 Å². The van der Waals surface area contributed by atoms with Gasteiger partial charge in [-0.15, -0.1) is 0 Å². The van der Waals surface area contributed by atoms with Crippen molar-refractivity contribution < 1.29 is 9.90 Å². The van der Waals surface area contributed by atoms with E-state index in [2.05, 4.69) is 20.2 Å². The van der Waals surface area contributed by atoms with Crippen LogP contribution in [0.2, 0.25) is 0 Å². The van der Waals surface area contributed by atoms with Crippen LogP contribution in [0.4, 0.5) is 5.95 Å². The molecule has 17 heavy (non-hydrogen) atoms. The summed E-state index contributed by atoms with van der Waals surface area (Å²) in [5.74, 6) is -0.178. The van der Waals surface area contributed by atoms with Crippen molar-refractivity contribution >= 4 is 11.9 Å². The van der Waals surface area contributed by atoms with Crippen molar-refractivity contribution in [2.75, 3.05) is 31.1 Å². The molecule has 1 aromatic rings. The van der Waals surface area contributed by atoms with Gasteiger partial charge in [-0.25, -0.2) is 9.97 Å². The Bertz CT molecular complexity index is 372. The van der Waals surface area contributed by atoms with E-state index >= 15 is 0 Å². The Kier molecular flexibility index (Phi) is 3.87. The van der Waals surface area contributed by atoms with Gasteiger partial charge in [0.15, 0.2) is 0 Å². The van der Waals surface area contributed by atoms with E-state index in [-0.39, 0.29) is 6.42 Å². The van der Waals surface area contributed by atoms with Gasteiger partial charge >= 0.3 is 5.97 Å². The molecule has 1 fully saturated rings. The highest BCUT2D eigenvalue weighted by Crippen LogP contribution is 2.09. The molecule has 2 rings (SSSR count). The Hall–Kier alpha value is -1.69. The molecule has 0 atom stereocenters. The molecule has 92 valence electrons. The molecule has 1 saturated heterocycles. The summed E-state index contributed by atoms with van der Waals surface area (Å²) < 4.78 is 0. The molecule has 0 saturated carbocycles. The molecule has 0 bridgehead atoms. The normalized spacial score (nSPS) is 16.6. The van der Waals surface area contributed by atoms with Gasteiger partial charge in [-0.3, -0.25) is 4.79 Å². The van der Waals surface area contributed by atoms with Crippen molar-refractivity contribution in [3.05, 3.63) is 18.0 Å². The minimum atomic E-state index is -0.861. The molecule has 1 aliphatic heterocycles. The fourth-order valence-corrected chi connectivity index (χ4v) is 1.82. The minimum absolute atomic E-state index is 0.0260. The summed E-state index contributed by atoms with van der Waals surface area (Å²) in [6, 6.07) is 0. The largest absolute Gasteiger partial charge is 0.481 e. The summed E-state index contributed by atoms with van der Waals surface area (Å²) in [6.07, 6.45) is 4.23. The lowest BCUT2D eigenvalue weighted by molar-refractivity contribution is -0.136. The van der Waals surface area contributed by atoms with Crippen LogP contribution in [0.15, 0.2) is 12.4 Å². The van der Waals surface area contributed by atoms with Crippen LogP contribution in [-0.4, -0.2) is 47.2 Å². The van der Waals surface area contributed by atoms with Gasteiger partial charge in [-0.2, -0.15) is 0 Å². The third kappa shape index (κ3) is 3.39. The monoisotopic (exact) mass is 236 g/mol. The number of nitrogens with one attached hydrogen (secondary N) is 1. The summed E-state index contributed by atoms with van der Waals surface area (Å²) in [4.78, 5) is 21.1. The zero-order valence-electron chi connectivity index (χ0n) is 9.59. The zero-order chi connectivity index (χ0) is 12.1. The average molecular weight is 236 g/mol. The molecule has 6 heteroatoms. The second-order valence-corrected chi connectivity index (χ2v) is 4.05. The molecule has 1 aromatic heterocycles. The summed E-state index contributed by atoms with van der Waals surface area (Å²) in [7, 11) is 0. The first-order valence-electron chi connectivity index (χ1n) is 5.74. The van der Waals surface area contributed by atoms with E-state index in [1.54, 1.807) is 12.4 Å². The number of hydrogen-bond donors (Lipinski definition) is 2. The van der Waals surface area contributed by atoms with Crippen LogP contribution in [-0.2, 0) is 11.2 Å². The second-order valence-electron chi connectivity index (χ2n) is 4.05. The van der Waals surface area contributed by atoms with Gasteiger partial charge in [0.25, 0.3) is 0 Å². The van der Waals surface area contributed by atoms with Gasteiger partial charge in [-0.05, 0) is 13.0 Å². The average Bonchev–Trinajstić information content (AvgIpc) is 2.58. The fourth-order valence-electron chi connectivity index (χ4n) is 1.82. The highest BCUT2D eigenvalue weighted by Gasteiger charge is 2.12. The molecular formula is C11H16N4O2. The third-order valence-electron chi connectivity index (χ3n) is 2.67. The standard InChI is InChI=1S/C11H16N4O2/c16-10(17)6-9-7-13-11(14-8-9)15-4-1-2-12-3-5-15/h7-8,12H,1-6H2,(H,16,17). The molecule has 0 aromatic carbocycles. The molecule has 6 nitrogen and oxygen atoms in total. The number of carboxylic acid groups (broad SMARTS) is 1. The maximum absolute atomic E-state index is 10.5. The van der Waals surface area contributed by atoms with Gasteiger partial charge in [0.05, 0.1) is 6.42 Å². The first kappa shape index (κ1) is 11.8. The maximum Gasteiger partial charge on any atom is 0.307 e. The van der Waals surface area contributed by atoms with Gasteiger partial charge in [-0.1, -0.05) is 0 Å². The lowest BCUT2D eigenvalue weighted by Crippen LogP contribution is -2.29. The highest BCUT2D eigenvalue weighted by molar-refractivity contribution is 5.69. The number of aliphatic carboxylic acids is 1. The topological polar surface area (TPSA) is 78.3 Å². The van der Waals surface area contributed by atoms with Crippen LogP contribution < -0.4 is 10.2 Å². The summed E-state index contributed by atoms with van der Waals surface area (Å²) in [5.41, 5.74) is 0.634. The van der Waals surface area contributed by atoms with E-state index in [0.29, 0.717) is 11.5 Å². The van der Waals surface area contributed by atoms with Crippen LogP contribution in [0.5, 0.6) is 0 Å². The summed E-state index contributed by atoms with van der Waals surface area (Å²) >= 11 is 0. The highest BCUT2D eigenvalue weighted by atomic mass is 16.4. The molecule has 0 unspecified atom stereocenters. The van der Waals surface area contributed by atoms with Gasteiger partial charge < -0.3 is 15.3 Å². The maximum atomic E-state index is 10.5. The fraction of sp³-hybridized carbons (Fsp3) is 0.545. The Labute approximate surface area is 99.7 Å². The quantitative estimate of drug-likeness (QED) is 0.763. The van der Waals surface area contributed by atoms with Crippen LogP contribution >= 0.6 is 0 Å². The molecule has 0 amide bonds. The Morgan fingerprint density at radius 1 is 1.35 bits per heavy atom. The Morgan fingerprint density at radius 2 is 2.12 bits per heavy atom. The molecule has 0 radical (unpaired) electrons. The number of nitrogens with zero attached hydrogens (tertiary/aromatic N) is 3. The molecular weight excluding hydrogens is 220 g/mol. The lowest BCUT2D eigenvalue weighted by Gasteiger charge is -2.19. The number of rotatable bonds is 3. The number of aromatic nitrogens is 2. The van der Waals surface area contributed by atoms with Gasteiger partial charge in [0.1, 0.15) is 0 Å². The second kappa shape index (κ2) is 5.58. The Morgan fingerprint density at radius 3 is 2.82 bits per heavy atom. The van der Waals surface area contributed by atoms with Gasteiger partial charge in [0, 0.05) is 37.6 Å². The first-order valence-corrected chi connectivity index (χ1v) is 5.74. The van der Waals surface area contributed by atoms with Crippen molar-refractivity contribution in [2.45, 2.75) is 12.8 Å². The van der Waals surface area contributed by atoms with E-state index in [9.17, 15) is 4.79 Å². The summed E-state index contributed by atoms with van der Waals surface area (Å²) in [6.45, 7) is 3.78. The van der Waals surface area contributed by atoms with Crippen molar-refractivity contribution in [3.8, 4) is 0 Å². The van der Waals surface area contributed by atoms with Crippen molar-refractivity contribution in [1.29, 1.82) is 0 Å². The molecule has 0 spiro atoms. The van der Waals surface area contributed by atoms with Crippen LogP contribution in [0.3, 0.4) is 0 Å². The van der Waals surface area contributed by atoms with E-state index in [1.807, 2.05) is 0 Å². The molecule has 2 N–H and O–H groups in total. The molecule has 1 aliphatic rings. The summed E-state index contributed by atoms with van der Waals surface area (Å²) in [5, 5.41) is 12.0. The van der Waals surface area contributed by atoms with Crippen molar-refractivity contribution in [1.82, 2.24) is 15.3 Å². The van der Waals surface area contributed by atoms with E-state index < -0.39 is 5.97 Å². The SMILES string of the molecule is O=C(O)Cc1cnc(N2CCCNCC2)nc1. The van der Waals surface area contributed by atoms with E-state index in [0.717, 1.165) is 32.6 Å². The smallest absolute Gasteiger partial charge is 0.307 e. The lowest BCUT2D eigenvalue weighted by atomic mass is 10.2. The minimum Gasteiger partial charge on any atom is -0.481 e. The van der Waals surface area contributed by atoms with Crippen molar-refractivity contribution in [2.24, 2.45) is 0 Å². The zero-order valence-corrected chi connectivity index (χ0v) is 9.59. The van der Waals surface area contributed by atoms with Crippen molar-refractivity contribution in [3.63, 3.8) is 0 Å². The predicted molar refractivity (Wildman–Crippen MR) is 63.1 cm³/mol. The Balaban J connectivity index is 2.03.